The number of carbonyl (C=O) groups excluding carboxylic acids is 3. The average molecular weight is 486 g/mol. The van der Waals surface area contributed by atoms with E-state index in [0.717, 1.165) is 68.8 Å². The van der Waals surface area contributed by atoms with Gasteiger partial charge in [-0.3, -0.25) is 9.59 Å². The highest BCUT2D eigenvalue weighted by atomic mass is 16.5. The summed E-state index contributed by atoms with van der Waals surface area (Å²) in [7, 11) is 0. The molecule has 0 aliphatic carbocycles. The fraction of sp³-hybridized carbons (Fsp3) is 0.769. The maximum atomic E-state index is 13.3. The quantitative estimate of drug-likeness (QED) is 0.646. The number of urea groups is 1. The van der Waals surface area contributed by atoms with Crippen LogP contribution in [0.2, 0.25) is 0 Å². The Bertz CT molecular complexity index is 934. The molecule has 4 fully saturated rings. The molecule has 0 aromatic carbocycles. The Kier molecular flexibility index (Phi) is 7.02. The number of aryl methyl sites for hydroxylation is 2. The number of likely N-dealkylation sites (tertiary alicyclic amines) is 2. The van der Waals surface area contributed by atoms with Crippen LogP contribution in [0.4, 0.5) is 4.79 Å². The summed E-state index contributed by atoms with van der Waals surface area (Å²) in [5.41, 5.74) is 2.06. The van der Waals surface area contributed by atoms with Gasteiger partial charge in [-0.05, 0) is 70.6 Å². The number of rotatable bonds is 5. The van der Waals surface area contributed by atoms with Gasteiger partial charge in [0.25, 0.3) is 0 Å². The maximum Gasteiger partial charge on any atom is 0.320 e. The number of hydrogen-bond acceptors (Lipinski definition) is 5. The summed E-state index contributed by atoms with van der Waals surface area (Å²) in [5.74, 6) is 2.03. The third kappa shape index (κ3) is 5.05. The van der Waals surface area contributed by atoms with Crippen molar-refractivity contribution in [3.05, 3.63) is 17.0 Å². The van der Waals surface area contributed by atoms with E-state index < -0.39 is 0 Å². The average Bonchev–Trinajstić information content (AvgIpc) is 3.19. The van der Waals surface area contributed by atoms with E-state index in [2.05, 4.69) is 15.4 Å². The molecule has 4 aliphatic rings. The molecule has 0 radical (unpaired) electrons. The molecule has 5 heterocycles. The van der Waals surface area contributed by atoms with Gasteiger partial charge in [-0.2, -0.15) is 0 Å². The molecule has 1 aromatic heterocycles. The molecule has 3 atom stereocenters. The maximum absolute atomic E-state index is 13.3. The van der Waals surface area contributed by atoms with Crippen molar-refractivity contribution in [1.29, 1.82) is 0 Å². The van der Waals surface area contributed by atoms with Crippen molar-refractivity contribution in [2.45, 2.75) is 71.3 Å². The van der Waals surface area contributed by atoms with E-state index in [-0.39, 0.29) is 17.9 Å². The van der Waals surface area contributed by atoms with Gasteiger partial charge in [-0.15, -0.1) is 0 Å². The van der Waals surface area contributed by atoms with E-state index in [0.29, 0.717) is 62.7 Å². The molecule has 1 aromatic rings. The molecular formula is C26H39N5O4. The van der Waals surface area contributed by atoms with Crippen molar-refractivity contribution in [3.8, 4) is 0 Å². The van der Waals surface area contributed by atoms with Crippen LogP contribution in [0.15, 0.2) is 4.52 Å². The first-order chi connectivity index (χ1) is 16.9. The van der Waals surface area contributed by atoms with Crippen LogP contribution < -0.4 is 5.32 Å². The summed E-state index contributed by atoms with van der Waals surface area (Å²) in [4.78, 5) is 44.5. The number of piperidine rings is 4. The van der Waals surface area contributed by atoms with Gasteiger partial charge >= 0.3 is 6.03 Å². The van der Waals surface area contributed by atoms with E-state index in [4.69, 9.17) is 4.52 Å². The molecule has 35 heavy (non-hydrogen) atoms. The zero-order valence-electron chi connectivity index (χ0n) is 21.1. The van der Waals surface area contributed by atoms with Crippen LogP contribution in [0.3, 0.4) is 0 Å². The molecule has 4 amide bonds. The third-order valence-corrected chi connectivity index (χ3v) is 8.67. The number of fused-ring (bicyclic) bond motifs is 4. The molecule has 4 saturated heterocycles. The summed E-state index contributed by atoms with van der Waals surface area (Å²) >= 11 is 0. The van der Waals surface area contributed by atoms with Crippen molar-refractivity contribution >= 4 is 17.8 Å². The minimum atomic E-state index is -0.0272. The molecule has 192 valence electrons. The van der Waals surface area contributed by atoms with Gasteiger partial charge in [-0.1, -0.05) is 5.16 Å². The summed E-state index contributed by atoms with van der Waals surface area (Å²) in [6.07, 6.45) is 7.00. The summed E-state index contributed by atoms with van der Waals surface area (Å²) in [6.45, 7) is 8.09. The minimum absolute atomic E-state index is 0.0272. The zero-order chi connectivity index (χ0) is 24.5. The van der Waals surface area contributed by atoms with Crippen LogP contribution in [-0.2, 0) is 16.0 Å². The number of amides is 4. The van der Waals surface area contributed by atoms with Crippen LogP contribution in [0.25, 0.3) is 0 Å². The molecule has 0 saturated carbocycles. The number of aromatic nitrogens is 1. The molecule has 2 bridgehead atoms. The van der Waals surface area contributed by atoms with Crippen molar-refractivity contribution < 1.29 is 18.9 Å². The minimum Gasteiger partial charge on any atom is -0.361 e. The predicted octanol–water partition coefficient (Wildman–Crippen LogP) is 2.51. The van der Waals surface area contributed by atoms with E-state index in [9.17, 15) is 14.4 Å². The first kappa shape index (κ1) is 24.1. The number of nitrogens with one attached hydrogen (secondary N) is 1. The number of nitrogens with zero attached hydrogens (tertiary/aromatic N) is 4. The van der Waals surface area contributed by atoms with Crippen LogP contribution in [-0.4, -0.2) is 83.0 Å². The van der Waals surface area contributed by atoms with Crippen molar-refractivity contribution in [3.63, 3.8) is 0 Å². The van der Waals surface area contributed by atoms with Crippen molar-refractivity contribution in [1.82, 2.24) is 25.2 Å². The highest BCUT2D eigenvalue weighted by Crippen LogP contribution is 2.38. The lowest BCUT2D eigenvalue weighted by Gasteiger charge is -2.53. The Labute approximate surface area is 207 Å². The molecule has 4 aliphatic heterocycles. The largest absolute Gasteiger partial charge is 0.361 e. The Balaban J connectivity index is 1.06. The van der Waals surface area contributed by atoms with Crippen molar-refractivity contribution in [2.75, 3.05) is 39.3 Å². The number of hydrogen-bond donors (Lipinski definition) is 1. The van der Waals surface area contributed by atoms with Crippen molar-refractivity contribution in [2.24, 2.45) is 17.8 Å². The first-order valence-electron chi connectivity index (χ1n) is 13.4. The SMILES string of the molecule is Cc1noc(C)c1CCCNC(=O)C1CCN(C(=O)N2CC3CC(C2)[C@H]2CCCC(=O)N2C3)CC1. The standard InChI is InChI=1S/C26H39N5O4/c1-17-22(18(2)35-28-17)5-4-10-27-25(33)20-8-11-29(12-9-20)26(34)30-14-19-13-21(16-30)23-6-3-7-24(32)31(23)15-19/h19-21,23H,3-16H2,1-2H3,(H,27,33)/t19?,21?,23-/m1/s1. The molecule has 9 nitrogen and oxygen atoms in total. The fourth-order valence-corrected chi connectivity index (χ4v) is 6.78. The molecule has 1 N–H and O–H groups in total. The van der Waals surface area contributed by atoms with Gasteiger partial charge in [0, 0.05) is 63.2 Å². The lowest BCUT2D eigenvalue weighted by molar-refractivity contribution is -0.144. The monoisotopic (exact) mass is 485 g/mol. The molecular weight excluding hydrogens is 446 g/mol. The topological polar surface area (TPSA) is 99.0 Å². The van der Waals surface area contributed by atoms with Gasteiger partial charge in [0.15, 0.2) is 0 Å². The summed E-state index contributed by atoms with van der Waals surface area (Å²) < 4.78 is 5.20. The molecule has 2 unspecified atom stereocenters. The van der Waals surface area contributed by atoms with Gasteiger partial charge in [-0.25, -0.2) is 4.79 Å². The summed E-state index contributed by atoms with van der Waals surface area (Å²) in [6, 6.07) is 0.434. The van der Waals surface area contributed by atoms with Crippen LogP contribution in [0, 0.1) is 31.6 Å². The highest BCUT2D eigenvalue weighted by molar-refractivity contribution is 5.80. The normalized spacial score (nSPS) is 27.1. The Morgan fingerprint density at radius 3 is 2.63 bits per heavy atom. The smallest absolute Gasteiger partial charge is 0.320 e. The lowest BCUT2D eigenvalue weighted by Crippen LogP contribution is -2.62. The van der Waals surface area contributed by atoms with Gasteiger partial charge < -0.3 is 24.5 Å². The lowest BCUT2D eigenvalue weighted by atomic mass is 9.76. The number of carbonyl (C=O) groups is 3. The van der Waals surface area contributed by atoms with E-state index >= 15 is 0 Å². The zero-order valence-corrected chi connectivity index (χ0v) is 21.1. The Morgan fingerprint density at radius 1 is 1.09 bits per heavy atom. The second-order valence-corrected chi connectivity index (χ2v) is 11.0. The van der Waals surface area contributed by atoms with Gasteiger partial charge in [0.1, 0.15) is 5.76 Å². The van der Waals surface area contributed by atoms with Gasteiger partial charge in [0.2, 0.25) is 11.8 Å². The predicted molar refractivity (Wildman–Crippen MR) is 130 cm³/mol. The molecule has 5 rings (SSSR count). The summed E-state index contributed by atoms with van der Waals surface area (Å²) in [5, 5.41) is 7.06. The Hall–Kier alpha value is -2.58. The Morgan fingerprint density at radius 2 is 1.89 bits per heavy atom. The van der Waals surface area contributed by atoms with Gasteiger partial charge in [0.05, 0.1) is 5.69 Å². The molecule has 9 heteroatoms. The van der Waals surface area contributed by atoms with E-state index in [1.54, 1.807) is 0 Å². The third-order valence-electron chi connectivity index (χ3n) is 8.67. The van der Waals surface area contributed by atoms with E-state index in [1.807, 2.05) is 23.6 Å². The van der Waals surface area contributed by atoms with Crippen LogP contribution >= 0.6 is 0 Å². The van der Waals surface area contributed by atoms with Crippen LogP contribution in [0.5, 0.6) is 0 Å². The molecule has 0 spiro atoms. The highest BCUT2D eigenvalue weighted by Gasteiger charge is 2.45. The van der Waals surface area contributed by atoms with E-state index in [1.165, 1.54) is 0 Å². The second-order valence-electron chi connectivity index (χ2n) is 11.0. The fourth-order valence-electron chi connectivity index (χ4n) is 6.78. The van der Waals surface area contributed by atoms with Crippen LogP contribution in [0.1, 0.15) is 62.0 Å². The first-order valence-corrected chi connectivity index (χ1v) is 13.4. The second kappa shape index (κ2) is 10.2.